The van der Waals surface area contributed by atoms with E-state index in [1.165, 1.54) is 11.8 Å². The lowest BCUT2D eigenvalue weighted by atomic mass is 10.0. The first-order chi connectivity index (χ1) is 24.7. The molecule has 52 heavy (non-hydrogen) atoms. The van der Waals surface area contributed by atoms with Gasteiger partial charge in [0.1, 0.15) is 24.2 Å². The SMILES string of the molecule is CSCC[C@H](NC(=O)[C@H](CC(C)C)NC(=O)CNC(=O)[C@H](Cc1ccccc1)NC(=O)[C@H](Cc1ccccc1)NC(=O)[C@@H](N)CCC(N)=O)C(=O)O. The van der Waals surface area contributed by atoms with Crippen LogP contribution in [0.25, 0.3) is 0 Å². The van der Waals surface area contributed by atoms with Crippen LogP contribution in [0.1, 0.15) is 50.7 Å². The Kier molecular flexibility index (Phi) is 18.9. The van der Waals surface area contributed by atoms with Crippen molar-refractivity contribution in [2.75, 3.05) is 18.6 Å². The van der Waals surface area contributed by atoms with Crippen molar-refractivity contribution in [3.05, 3.63) is 71.8 Å². The highest BCUT2D eigenvalue weighted by molar-refractivity contribution is 7.98. The van der Waals surface area contributed by atoms with Crippen molar-refractivity contribution < 1.29 is 38.7 Å². The van der Waals surface area contributed by atoms with Gasteiger partial charge in [0.15, 0.2) is 0 Å². The molecule has 15 nitrogen and oxygen atoms in total. The van der Waals surface area contributed by atoms with Crippen molar-refractivity contribution in [3.8, 4) is 0 Å². The molecule has 0 unspecified atom stereocenters. The van der Waals surface area contributed by atoms with Crippen molar-refractivity contribution in [2.45, 2.75) is 82.6 Å². The predicted octanol–water partition coefficient (Wildman–Crippen LogP) is 0.00380. The Morgan fingerprint density at radius 2 is 1.19 bits per heavy atom. The van der Waals surface area contributed by atoms with Crippen LogP contribution in [0.4, 0.5) is 0 Å². The quantitative estimate of drug-likeness (QED) is 0.0757. The Hall–Kier alpha value is -4.96. The summed E-state index contributed by atoms with van der Waals surface area (Å²) in [6.45, 7) is 3.14. The van der Waals surface area contributed by atoms with Crippen molar-refractivity contribution in [2.24, 2.45) is 17.4 Å². The summed E-state index contributed by atoms with van der Waals surface area (Å²) in [5.74, 6) is -4.78. The Labute approximate surface area is 308 Å². The highest BCUT2D eigenvalue weighted by Gasteiger charge is 2.30. The number of amides is 6. The molecular formula is C36H51N7O8S. The summed E-state index contributed by atoms with van der Waals surface area (Å²) >= 11 is 1.44. The fourth-order valence-electron chi connectivity index (χ4n) is 5.10. The van der Waals surface area contributed by atoms with Crippen LogP contribution >= 0.6 is 11.8 Å². The Balaban J connectivity index is 2.21. The largest absolute Gasteiger partial charge is 0.480 e. The van der Waals surface area contributed by atoms with Gasteiger partial charge in [-0.3, -0.25) is 28.8 Å². The van der Waals surface area contributed by atoms with Crippen LogP contribution in [-0.4, -0.2) is 95.3 Å². The molecule has 0 heterocycles. The van der Waals surface area contributed by atoms with Gasteiger partial charge in [0.25, 0.3) is 0 Å². The molecule has 0 saturated heterocycles. The second-order valence-electron chi connectivity index (χ2n) is 12.8. The van der Waals surface area contributed by atoms with E-state index in [0.717, 1.165) is 0 Å². The molecule has 0 aliphatic rings. The molecule has 0 aliphatic heterocycles. The zero-order valence-electron chi connectivity index (χ0n) is 29.8. The molecular weight excluding hydrogens is 691 g/mol. The van der Waals surface area contributed by atoms with Gasteiger partial charge in [0.2, 0.25) is 35.4 Å². The number of carboxylic acid groups (broad SMARTS) is 1. The average molecular weight is 742 g/mol. The third-order valence-corrected chi connectivity index (χ3v) is 8.52. The first-order valence-electron chi connectivity index (χ1n) is 17.0. The van der Waals surface area contributed by atoms with Gasteiger partial charge in [-0.05, 0) is 48.3 Å². The third kappa shape index (κ3) is 16.4. The maximum atomic E-state index is 13.8. The topological polar surface area (TPSA) is 252 Å². The number of nitrogens with two attached hydrogens (primary N) is 2. The van der Waals surface area contributed by atoms with Crippen LogP contribution in [0.2, 0.25) is 0 Å². The van der Waals surface area contributed by atoms with Crippen LogP contribution < -0.4 is 38.1 Å². The molecule has 0 fully saturated rings. The summed E-state index contributed by atoms with van der Waals surface area (Å²) in [5.41, 5.74) is 12.6. The lowest BCUT2D eigenvalue weighted by Crippen LogP contribution is -2.58. The standard InChI is InChI=1S/C36H51N7O8S/c1-22(2)18-27(34(48)41-26(36(50)51)16-17-52-3)40-31(45)21-39-33(47)28(19-23-10-6-4-7-11-23)43-35(49)29(20-24-12-8-5-9-13-24)42-32(46)25(37)14-15-30(38)44/h4-13,22,25-29H,14-21,37H2,1-3H3,(H2,38,44)(H,39,47)(H,40,45)(H,41,48)(H,42,46)(H,43,49)(H,50,51)/t25-,26-,27-,28-,29-/m0/s1. The van der Waals surface area contributed by atoms with Gasteiger partial charge in [-0.1, -0.05) is 74.5 Å². The number of benzene rings is 2. The maximum absolute atomic E-state index is 13.8. The summed E-state index contributed by atoms with van der Waals surface area (Å²) in [6.07, 6.45) is 2.18. The number of primary amides is 1. The van der Waals surface area contributed by atoms with E-state index in [-0.39, 0.29) is 44.4 Å². The Bertz CT molecular complexity index is 1500. The molecule has 2 aromatic carbocycles. The maximum Gasteiger partial charge on any atom is 0.326 e. The highest BCUT2D eigenvalue weighted by Crippen LogP contribution is 2.10. The zero-order chi connectivity index (χ0) is 38.6. The van der Waals surface area contributed by atoms with E-state index in [0.29, 0.717) is 16.9 Å². The summed E-state index contributed by atoms with van der Waals surface area (Å²) in [6, 6.07) is 12.1. The summed E-state index contributed by atoms with van der Waals surface area (Å²) in [4.78, 5) is 89.2. The number of nitrogens with one attached hydrogen (secondary N) is 5. The molecule has 5 atom stereocenters. The predicted molar refractivity (Wildman–Crippen MR) is 198 cm³/mol. The molecule has 0 bridgehead atoms. The van der Waals surface area contributed by atoms with Crippen molar-refractivity contribution in [1.82, 2.24) is 26.6 Å². The molecule has 0 saturated carbocycles. The van der Waals surface area contributed by atoms with Gasteiger partial charge < -0.3 is 43.2 Å². The molecule has 0 aromatic heterocycles. The minimum Gasteiger partial charge on any atom is -0.480 e. The van der Waals surface area contributed by atoms with Crippen LogP contribution in [0.5, 0.6) is 0 Å². The fourth-order valence-corrected chi connectivity index (χ4v) is 5.57. The van der Waals surface area contributed by atoms with Crippen LogP contribution in [-0.2, 0) is 46.4 Å². The van der Waals surface area contributed by atoms with Crippen LogP contribution in [0.15, 0.2) is 60.7 Å². The molecule has 284 valence electrons. The van der Waals surface area contributed by atoms with Gasteiger partial charge in [0.05, 0.1) is 12.6 Å². The first-order valence-corrected chi connectivity index (χ1v) is 18.4. The van der Waals surface area contributed by atoms with Gasteiger partial charge in [-0.15, -0.1) is 0 Å². The van der Waals surface area contributed by atoms with Crippen molar-refractivity contribution in [3.63, 3.8) is 0 Å². The summed E-state index contributed by atoms with van der Waals surface area (Å²) < 4.78 is 0. The second-order valence-corrected chi connectivity index (χ2v) is 13.7. The zero-order valence-corrected chi connectivity index (χ0v) is 30.6. The highest BCUT2D eigenvalue weighted by atomic mass is 32.2. The minimum absolute atomic E-state index is 0.0280. The molecule has 0 aliphatic carbocycles. The number of carbonyl (C=O) groups is 7. The van der Waals surface area contributed by atoms with E-state index < -0.39 is 78.2 Å². The average Bonchev–Trinajstić information content (AvgIpc) is 3.10. The number of thioether (sulfide) groups is 1. The molecule has 0 radical (unpaired) electrons. The first kappa shape index (κ1) is 43.2. The normalized spacial score (nSPS) is 13.8. The van der Waals surface area contributed by atoms with E-state index in [4.69, 9.17) is 11.5 Å². The smallest absolute Gasteiger partial charge is 0.326 e. The number of hydrogen-bond acceptors (Lipinski definition) is 9. The molecule has 2 rings (SSSR count). The number of rotatable bonds is 23. The van der Waals surface area contributed by atoms with Gasteiger partial charge in [-0.25, -0.2) is 4.79 Å². The number of aliphatic carboxylic acids is 1. The van der Waals surface area contributed by atoms with Gasteiger partial charge in [0, 0.05) is 19.3 Å². The van der Waals surface area contributed by atoms with Crippen LogP contribution in [0.3, 0.4) is 0 Å². The molecule has 0 spiro atoms. The van der Waals surface area contributed by atoms with E-state index in [9.17, 15) is 38.7 Å². The monoisotopic (exact) mass is 741 g/mol. The van der Waals surface area contributed by atoms with Gasteiger partial charge >= 0.3 is 5.97 Å². The fraction of sp³-hybridized carbons (Fsp3) is 0.472. The number of hydrogen-bond donors (Lipinski definition) is 8. The van der Waals surface area contributed by atoms with Crippen molar-refractivity contribution >= 4 is 53.2 Å². The van der Waals surface area contributed by atoms with E-state index >= 15 is 0 Å². The Morgan fingerprint density at radius 3 is 1.69 bits per heavy atom. The van der Waals surface area contributed by atoms with Crippen molar-refractivity contribution in [1.29, 1.82) is 0 Å². The van der Waals surface area contributed by atoms with Gasteiger partial charge in [-0.2, -0.15) is 11.8 Å². The summed E-state index contributed by atoms with van der Waals surface area (Å²) in [5, 5.41) is 22.5. The Morgan fingerprint density at radius 1 is 0.692 bits per heavy atom. The minimum atomic E-state index is -1.19. The molecule has 6 amide bonds. The van der Waals surface area contributed by atoms with E-state index in [1.54, 1.807) is 60.7 Å². The second kappa shape index (κ2) is 22.8. The molecule has 10 N–H and O–H groups in total. The lowest BCUT2D eigenvalue weighted by Gasteiger charge is -2.25. The third-order valence-electron chi connectivity index (χ3n) is 7.88. The lowest BCUT2D eigenvalue weighted by molar-refractivity contribution is -0.142. The number of carboxylic acids is 1. The summed E-state index contributed by atoms with van der Waals surface area (Å²) in [7, 11) is 0. The van der Waals surface area contributed by atoms with Crippen LogP contribution in [0, 0.1) is 5.92 Å². The number of carbonyl (C=O) groups excluding carboxylic acids is 6. The molecule has 2 aromatic rings. The van der Waals surface area contributed by atoms with E-state index in [2.05, 4.69) is 26.6 Å². The van der Waals surface area contributed by atoms with E-state index in [1.807, 2.05) is 20.1 Å². The molecule has 16 heteroatoms.